The minimum atomic E-state index is -3.75. The molecule has 18 heavy (non-hydrogen) atoms. The molecule has 1 aromatic carbocycles. The summed E-state index contributed by atoms with van der Waals surface area (Å²) in [5.74, 6) is 0. The number of hydrogen-bond donors (Lipinski definition) is 2. The van der Waals surface area contributed by atoms with Crippen LogP contribution >= 0.6 is 11.6 Å². The zero-order chi connectivity index (χ0) is 14.0. The maximum atomic E-state index is 12.1. The first-order valence-electron chi connectivity index (χ1n) is 5.28. The van der Waals surface area contributed by atoms with Gasteiger partial charge in [0.05, 0.1) is 16.3 Å². The Hall–Kier alpha value is -0.820. The van der Waals surface area contributed by atoms with E-state index in [2.05, 4.69) is 4.72 Å². The number of sulfonamides is 1. The molecule has 0 saturated heterocycles. The molecule has 0 amide bonds. The number of nitrogens with one attached hydrogen (secondary N) is 1. The first kappa shape index (κ1) is 15.2. The van der Waals surface area contributed by atoms with E-state index in [1.165, 1.54) is 19.2 Å². The van der Waals surface area contributed by atoms with Gasteiger partial charge in [-0.1, -0.05) is 17.7 Å². The van der Waals surface area contributed by atoms with Gasteiger partial charge in [0.25, 0.3) is 0 Å². The van der Waals surface area contributed by atoms with Crippen LogP contribution in [0, 0.1) is 0 Å². The van der Waals surface area contributed by atoms with Gasteiger partial charge in [-0.3, -0.25) is 0 Å². The highest BCUT2D eigenvalue weighted by Gasteiger charge is 2.25. The lowest BCUT2D eigenvalue weighted by Crippen LogP contribution is -2.39. The Labute approximate surface area is 112 Å². The van der Waals surface area contributed by atoms with Gasteiger partial charge in [0.1, 0.15) is 4.90 Å². The van der Waals surface area contributed by atoms with Crippen LogP contribution < -0.4 is 10.5 Å². The van der Waals surface area contributed by atoms with Crippen molar-refractivity contribution in [3.63, 3.8) is 0 Å². The maximum absolute atomic E-state index is 12.1. The third-order valence-corrected chi connectivity index (χ3v) is 4.45. The van der Waals surface area contributed by atoms with E-state index in [0.717, 1.165) is 0 Å². The highest BCUT2D eigenvalue weighted by molar-refractivity contribution is 7.89. The van der Waals surface area contributed by atoms with E-state index >= 15 is 0 Å². The number of anilines is 1. The quantitative estimate of drug-likeness (QED) is 0.808. The highest BCUT2D eigenvalue weighted by atomic mass is 35.5. The fourth-order valence-electron chi connectivity index (χ4n) is 1.22. The van der Waals surface area contributed by atoms with Gasteiger partial charge in [-0.05, 0) is 26.0 Å². The minimum Gasteiger partial charge on any atom is -0.398 e. The van der Waals surface area contributed by atoms with Crippen LogP contribution in [0.4, 0.5) is 5.69 Å². The van der Waals surface area contributed by atoms with E-state index in [9.17, 15) is 8.42 Å². The van der Waals surface area contributed by atoms with Crippen molar-refractivity contribution in [1.29, 1.82) is 0 Å². The molecule has 0 fully saturated rings. The molecule has 0 bridgehead atoms. The zero-order valence-corrected chi connectivity index (χ0v) is 12.1. The molecular formula is C11H17ClN2O3S. The second-order valence-electron chi connectivity index (χ2n) is 4.45. The summed E-state index contributed by atoms with van der Waals surface area (Å²) in [7, 11) is -2.24. The average Bonchev–Trinajstić information content (AvgIpc) is 2.26. The number of halogens is 1. The lowest BCUT2D eigenvalue weighted by atomic mass is 10.1. The molecule has 5 nitrogen and oxygen atoms in total. The normalized spacial score (nSPS) is 12.7. The Bertz CT molecular complexity index is 509. The fraction of sp³-hybridized carbons (Fsp3) is 0.455. The third kappa shape index (κ3) is 3.58. The van der Waals surface area contributed by atoms with Crippen molar-refractivity contribution in [3.8, 4) is 0 Å². The van der Waals surface area contributed by atoms with Crippen molar-refractivity contribution in [2.24, 2.45) is 0 Å². The van der Waals surface area contributed by atoms with E-state index in [-0.39, 0.29) is 22.2 Å². The van der Waals surface area contributed by atoms with Crippen molar-refractivity contribution in [3.05, 3.63) is 23.2 Å². The summed E-state index contributed by atoms with van der Waals surface area (Å²) in [6.45, 7) is 3.66. The summed E-state index contributed by atoms with van der Waals surface area (Å²) in [5, 5.41) is 0.0951. The predicted molar refractivity (Wildman–Crippen MR) is 72.1 cm³/mol. The van der Waals surface area contributed by atoms with Crippen LogP contribution in [0.25, 0.3) is 0 Å². The number of nitrogens with two attached hydrogens (primary N) is 1. The van der Waals surface area contributed by atoms with Crippen LogP contribution in [-0.4, -0.2) is 27.7 Å². The van der Waals surface area contributed by atoms with Crippen molar-refractivity contribution in [2.75, 3.05) is 19.4 Å². The van der Waals surface area contributed by atoms with Gasteiger partial charge in [-0.2, -0.15) is 0 Å². The van der Waals surface area contributed by atoms with Crippen LogP contribution in [0.1, 0.15) is 13.8 Å². The average molecular weight is 293 g/mol. The molecule has 0 radical (unpaired) electrons. The Morgan fingerprint density at radius 3 is 2.56 bits per heavy atom. The van der Waals surface area contributed by atoms with Crippen molar-refractivity contribution in [1.82, 2.24) is 4.72 Å². The molecule has 0 spiro atoms. The topological polar surface area (TPSA) is 81.4 Å². The Kier molecular flexibility index (Phi) is 4.61. The fourth-order valence-corrected chi connectivity index (χ4v) is 3.09. The van der Waals surface area contributed by atoms with Crippen LogP contribution in [0.15, 0.2) is 23.1 Å². The molecule has 0 aromatic heterocycles. The first-order valence-corrected chi connectivity index (χ1v) is 7.14. The molecule has 0 aliphatic rings. The molecule has 1 rings (SSSR count). The van der Waals surface area contributed by atoms with E-state index in [1.807, 2.05) is 0 Å². The number of ether oxygens (including phenoxy) is 1. The number of hydrogen-bond acceptors (Lipinski definition) is 4. The number of nitrogen functional groups attached to an aromatic ring is 1. The van der Waals surface area contributed by atoms with Crippen LogP contribution in [0.3, 0.4) is 0 Å². The minimum absolute atomic E-state index is 0.0951. The van der Waals surface area contributed by atoms with Gasteiger partial charge < -0.3 is 10.5 Å². The standard InChI is InChI=1S/C11H17ClN2O3S/c1-11(2,17-3)7-14-18(15,16)10-8(12)5-4-6-9(10)13/h4-6,14H,7,13H2,1-3H3. The molecule has 1 aromatic rings. The van der Waals surface area contributed by atoms with Gasteiger partial charge >= 0.3 is 0 Å². The molecular weight excluding hydrogens is 276 g/mol. The van der Waals surface area contributed by atoms with Crippen LogP contribution in [0.2, 0.25) is 5.02 Å². The summed E-state index contributed by atoms with van der Waals surface area (Å²) < 4.78 is 31.8. The van der Waals surface area contributed by atoms with Crippen molar-refractivity contribution >= 4 is 27.3 Å². The maximum Gasteiger partial charge on any atom is 0.244 e. The largest absolute Gasteiger partial charge is 0.398 e. The molecule has 102 valence electrons. The van der Waals surface area contributed by atoms with E-state index in [4.69, 9.17) is 22.1 Å². The van der Waals surface area contributed by atoms with Crippen LogP contribution in [-0.2, 0) is 14.8 Å². The highest BCUT2D eigenvalue weighted by Crippen LogP contribution is 2.27. The van der Waals surface area contributed by atoms with Crippen molar-refractivity contribution < 1.29 is 13.2 Å². The molecule has 0 aliphatic heterocycles. The molecule has 7 heteroatoms. The summed E-state index contributed by atoms with van der Waals surface area (Å²) in [6.07, 6.45) is 0. The zero-order valence-electron chi connectivity index (χ0n) is 10.5. The monoisotopic (exact) mass is 292 g/mol. The summed E-state index contributed by atoms with van der Waals surface area (Å²) >= 11 is 5.87. The van der Waals surface area contributed by atoms with Gasteiger partial charge in [0.2, 0.25) is 10.0 Å². The SMILES string of the molecule is COC(C)(C)CNS(=O)(=O)c1c(N)cccc1Cl. The molecule has 0 unspecified atom stereocenters. The predicted octanol–water partition coefficient (Wildman–Crippen LogP) is 1.63. The van der Waals surface area contributed by atoms with E-state index < -0.39 is 15.6 Å². The second-order valence-corrected chi connectivity index (χ2v) is 6.56. The molecule has 3 N–H and O–H groups in total. The smallest absolute Gasteiger partial charge is 0.244 e. The number of benzene rings is 1. The Balaban J connectivity index is 3.01. The summed E-state index contributed by atoms with van der Waals surface area (Å²) in [6, 6.07) is 4.56. The number of methoxy groups -OCH3 is 1. The van der Waals surface area contributed by atoms with Gasteiger partial charge in [-0.25, -0.2) is 13.1 Å². The molecule has 0 saturated carbocycles. The lowest BCUT2D eigenvalue weighted by Gasteiger charge is -2.23. The van der Waals surface area contributed by atoms with E-state index in [1.54, 1.807) is 19.9 Å². The number of rotatable bonds is 5. The second kappa shape index (κ2) is 5.44. The van der Waals surface area contributed by atoms with Gasteiger partial charge in [0, 0.05) is 13.7 Å². The molecule has 0 atom stereocenters. The Morgan fingerprint density at radius 2 is 2.06 bits per heavy atom. The summed E-state index contributed by atoms with van der Waals surface area (Å²) in [4.78, 5) is -0.0985. The van der Waals surface area contributed by atoms with Crippen LogP contribution in [0.5, 0.6) is 0 Å². The third-order valence-electron chi connectivity index (χ3n) is 2.51. The van der Waals surface area contributed by atoms with Gasteiger partial charge in [0.15, 0.2) is 0 Å². The molecule has 0 aliphatic carbocycles. The summed E-state index contributed by atoms with van der Waals surface area (Å²) in [5.41, 5.74) is 5.15. The van der Waals surface area contributed by atoms with Crippen molar-refractivity contribution in [2.45, 2.75) is 24.3 Å². The molecule has 0 heterocycles. The Morgan fingerprint density at radius 1 is 1.44 bits per heavy atom. The lowest BCUT2D eigenvalue weighted by molar-refractivity contribution is 0.0276. The van der Waals surface area contributed by atoms with E-state index in [0.29, 0.717) is 0 Å². The van der Waals surface area contributed by atoms with Gasteiger partial charge in [-0.15, -0.1) is 0 Å². The first-order chi connectivity index (χ1) is 8.19.